The summed E-state index contributed by atoms with van der Waals surface area (Å²) in [5, 5.41) is 9.94. The average molecular weight is 288 g/mol. The van der Waals surface area contributed by atoms with Crippen LogP contribution in [0.25, 0.3) is 10.9 Å². The lowest BCUT2D eigenvalue weighted by Gasteiger charge is -2.20. The number of nitrogens with one attached hydrogen (secondary N) is 1. The van der Waals surface area contributed by atoms with Gasteiger partial charge in [-0.3, -0.25) is 9.59 Å². The molecule has 1 aromatic carbocycles. The van der Waals surface area contributed by atoms with Gasteiger partial charge < -0.3 is 15.0 Å². The van der Waals surface area contributed by atoms with Crippen molar-refractivity contribution in [1.29, 1.82) is 0 Å². The fourth-order valence-corrected chi connectivity index (χ4v) is 2.55. The molecule has 0 unspecified atom stereocenters. The highest BCUT2D eigenvalue weighted by atomic mass is 16.4. The lowest BCUT2D eigenvalue weighted by Crippen LogP contribution is -2.37. The molecule has 2 rings (SSSR count). The third kappa shape index (κ3) is 3.42. The maximum atomic E-state index is 12.4. The van der Waals surface area contributed by atoms with Crippen LogP contribution in [0.2, 0.25) is 0 Å². The smallest absolute Gasteiger partial charge is 0.323 e. The number of carbonyl (C=O) groups excluding carboxylic acids is 1. The number of nitrogens with zero attached hydrogens (tertiary/aromatic N) is 1. The van der Waals surface area contributed by atoms with Gasteiger partial charge in [0.2, 0.25) is 5.91 Å². The molecule has 21 heavy (non-hydrogen) atoms. The molecular formula is C16H20N2O3. The number of para-hydroxylation sites is 1. The Morgan fingerprint density at radius 3 is 2.67 bits per heavy atom. The molecule has 0 bridgehead atoms. The van der Waals surface area contributed by atoms with Crippen molar-refractivity contribution in [1.82, 2.24) is 9.88 Å². The van der Waals surface area contributed by atoms with Crippen molar-refractivity contribution >= 4 is 22.8 Å². The van der Waals surface area contributed by atoms with Crippen LogP contribution in [-0.2, 0) is 16.0 Å². The van der Waals surface area contributed by atoms with Gasteiger partial charge in [-0.25, -0.2) is 0 Å². The quantitative estimate of drug-likeness (QED) is 0.857. The molecule has 0 saturated heterocycles. The monoisotopic (exact) mass is 288 g/mol. The van der Waals surface area contributed by atoms with Gasteiger partial charge in [0.1, 0.15) is 6.54 Å². The van der Waals surface area contributed by atoms with E-state index in [4.69, 9.17) is 5.11 Å². The van der Waals surface area contributed by atoms with E-state index in [1.807, 2.05) is 38.1 Å². The number of hydrogen-bond acceptors (Lipinski definition) is 2. The SMILES string of the molecule is CCCN(CC(=O)O)C(=O)Cc1c(C)[nH]c2ccccc12. The minimum absolute atomic E-state index is 0.146. The number of aromatic nitrogens is 1. The van der Waals surface area contributed by atoms with Crippen molar-refractivity contribution in [2.45, 2.75) is 26.7 Å². The zero-order valence-electron chi connectivity index (χ0n) is 12.3. The molecule has 2 aromatic rings. The summed E-state index contributed by atoms with van der Waals surface area (Å²) >= 11 is 0. The highest BCUT2D eigenvalue weighted by molar-refractivity contribution is 5.91. The first kappa shape index (κ1) is 15.1. The van der Waals surface area contributed by atoms with Gasteiger partial charge in [0, 0.05) is 23.1 Å². The van der Waals surface area contributed by atoms with Gasteiger partial charge in [-0.1, -0.05) is 25.1 Å². The molecule has 1 amide bonds. The Balaban J connectivity index is 2.23. The fraction of sp³-hybridized carbons (Fsp3) is 0.375. The first-order chi connectivity index (χ1) is 10.0. The van der Waals surface area contributed by atoms with Crippen LogP contribution >= 0.6 is 0 Å². The highest BCUT2D eigenvalue weighted by Gasteiger charge is 2.19. The minimum Gasteiger partial charge on any atom is -0.480 e. The zero-order chi connectivity index (χ0) is 15.4. The predicted molar refractivity (Wildman–Crippen MR) is 81.2 cm³/mol. The molecule has 0 saturated carbocycles. The molecule has 0 atom stereocenters. The highest BCUT2D eigenvalue weighted by Crippen LogP contribution is 2.22. The summed E-state index contributed by atoms with van der Waals surface area (Å²) in [5.74, 6) is -1.13. The summed E-state index contributed by atoms with van der Waals surface area (Å²) in [6.45, 7) is 4.09. The van der Waals surface area contributed by atoms with Crippen LogP contribution in [0, 0.1) is 6.92 Å². The number of aromatic amines is 1. The van der Waals surface area contributed by atoms with E-state index < -0.39 is 5.97 Å². The number of rotatable bonds is 6. The molecule has 0 aliphatic carbocycles. The van der Waals surface area contributed by atoms with Crippen LogP contribution in [0.15, 0.2) is 24.3 Å². The summed E-state index contributed by atoms with van der Waals surface area (Å²) in [6.07, 6.45) is 0.967. The maximum Gasteiger partial charge on any atom is 0.323 e. The number of fused-ring (bicyclic) bond motifs is 1. The van der Waals surface area contributed by atoms with E-state index in [1.54, 1.807) is 0 Å². The van der Waals surface area contributed by atoms with E-state index >= 15 is 0 Å². The molecule has 0 fully saturated rings. The van der Waals surface area contributed by atoms with Gasteiger partial charge >= 0.3 is 5.97 Å². The van der Waals surface area contributed by atoms with Crippen molar-refractivity contribution in [3.8, 4) is 0 Å². The van der Waals surface area contributed by atoms with Crippen molar-refractivity contribution in [2.75, 3.05) is 13.1 Å². The van der Waals surface area contributed by atoms with Gasteiger partial charge in [0.25, 0.3) is 0 Å². The summed E-state index contributed by atoms with van der Waals surface area (Å²) in [6, 6.07) is 7.82. The van der Waals surface area contributed by atoms with Crippen molar-refractivity contribution in [3.63, 3.8) is 0 Å². The Morgan fingerprint density at radius 2 is 2.00 bits per heavy atom. The molecule has 1 aromatic heterocycles. The topological polar surface area (TPSA) is 73.4 Å². The molecule has 0 radical (unpaired) electrons. The first-order valence-corrected chi connectivity index (χ1v) is 7.08. The Labute approximate surface area is 123 Å². The van der Waals surface area contributed by atoms with Crippen LogP contribution in [0.3, 0.4) is 0 Å². The molecule has 0 spiro atoms. The normalized spacial score (nSPS) is 10.8. The van der Waals surface area contributed by atoms with Gasteiger partial charge in [0.05, 0.1) is 6.42 Å². The van der Waals surface area contributed by atoms with Crippen LogP contribution < -0.4 is 0 Å². The summed E-state index contributed by atoms with van der Waals surface area (Å²) in [5.41, 5.74) is 2.90. The van der Waals surface area contributed by atoms with Gasteiger partial charge in [0.15, 0.2) is 0 Å². The lowest BCUT2D eigenvalue weighted by atomic mass is 10.1. The van der Waals surface area contributed by atoms with E-state index in [0.29, 0.717) is 6.54 Å². The molecule has 0 aliphatic rings. The number of carbonyl (C=O) groups is 2. The Hall–Kier alpha value is -2.30. The van der Waals surface area contributed by atoms with Crippen molar-refractivity contribution in [2.24, 2.45) is 0 Å². The second-order valence-electron chi connectivity index (χ2n) is 5.16. The van der Waals surface area contributed by atoms with E-state index in [9.17, 15) is 9.59 Å². The molecule has 5 heteroatoms. The molecular weight excluding hydrogens is 268 g/mol. The average Bonchev–Trinajstić information content (AvgIpc) is 2.74. The molecule has 5 nitrogen and oxygen atoms in total. The first-order valence-electron chi connectivity index (χ1n) is 7.08. The van der Waals surface area contributed by atoms with E-state index in [-0.39, 0.29) is 18.9 Å². The summed E-state index contributed by atoms with van der Waals surface area (Å²) in [4.78, 5) is 27.9. The van der Waals surface area contributed by atoms with Gasteiger partial charge in [-0.2, -0.15) is 0 Å². The second-order valence-corrected chi connectivity index (χ2v) is 5.16. The van der Waals surface area contributed by atoms with Crippen LogP contribution in [-0.4, -0.2) is 40.0 Å². The Kier molecular flexibility index (Phi) is 4.62. The summed E-state index contributed by atoms with van der Waals surface area (Å²) in [7, 11) is 0. The number of hydrogen-bond donors (Lipinski definition) is 2. The molecule has 0 aliphatic heterocycles. The second kappa shape index (κ2) is 6.43. The third-order valence-corrected chi connectivity index (χ3v) is 3.53. The van der Waals surface area contributed by atoms with E-state index in [1.165, 1.54) is 4.90 Å². The van der Waals surface area contributed by atoms with Gasteiger partial charge in [-0.15, -0.1) is 0 Å². The summed E-state index contributed by atoms with van der Waals surface area (Å²) < 4.78 is 0. The van der Waals surface area contributed by atoms with Crippen LogP contribution in [0.4, 0.5) is 0 Å². The number of aryl methyl sites for hydroxylation is 1. The number of H-pyrrole nitrogens is 1. The standard InChI is InChI=1S/C16H20N2O3/c1-3-8-18(10-16(20)21)15(19)9-13-11(2)17-14-7-5-4-6-12(13)14/h4-7,17H,3,8-10H2,1-2H3,(H,20,21). The van der Waals surface area contributed by atoms with E-state index in [0.717, 1.165) is 28.6 Å². The maximum absolute atomic E-state index is 12.4. The molecule has 1 heterocycles. The molecule has 2 N–H and O–H groups in total. The van der Waals surface area contributed by atoms with Gasteiger partial charge in [-0.05, 0) is 25.0 Å². The predicted octanol–water partition coefficient (Wildman–Crippen LogP) is 2.34. The number of amides is 1. The fourth-order valence-electron chi connectivity index (χ4n) is 2.55. The number of carboxylic acid groups (broad SMARTS) is 1. The Morgan fingerprint density at radius 1 is 1.29 bits per heavy atom. The molecule has 112 valence electrons. The van der Waals surface area contributed by atoms with Crippen molar-refractivity contribution < 1.29 is 14.7 Å². The third-order valence-electron chi connectivity index (χ3n) is 3.53. The van der Waals surface area contributed by atoms with E-state index in [2.05, 4.69) is 4.98 Å². The number of benzene rings is 1. The van der Waals surface area contributed by atoms with Crippen LogP contribution in [0.1, 0.15) is 24.6 Å². The number of carboxylic acids is 1. The van der Waals surface area contributed by atoms with Crippen molar-refractivity contribution in [3.05, 3.63) is 35.5 Å². The number of aliphatic carboxylic acids is 1. The zero-order valence-corrected chi connectivity index (χ0v) is 12.3. The lowest BCUT2D eigenvalue weighted by molar-refractivity contribution is -0.144. The largest absolute Gasteiger partial charge is 0.480 e. The minimum atomic E-state index is -0.979. The van der Waals surface area contributed by atoms with Crippen LogP contribution in [0.5, 0.6) is 0 Å². The Bertz CT molecular complexity index is 661.